The fourth-order valence-corrected chi connectivity index (χ4v) is 2.83. The van der Waals surface area contributed by atoms with Gasteiger partial charge in [-0.25, -0.2) is 4.98 Å². The van der Waals surface area contributed by atoms with E-state index in [9.17, 15) is 19.2 Å². The van der Waals surface area contributed by atoms with Crippen LogP contribution in [0.25, 0.3) is 0 Å². The number of aromatic amines is 1. The Balaban J connectivity index is 3.04. The minimum absolute atomic E-state index is 0.133. The molecule has 1 rings (SSSR count). The van der Waals surface area contributed by atoms with Crippen LogP contribution in [-0.2, 0) is 25.6 Å². The zero-order valence-corrected chi connectivity index (χ0v) is 17.6. The summed E-state index contributed by atoms with van der Waals surface area (Å²) in [6, 6.07) is -2.64. The van der Waals surface area contributed by atoms with Gasteiger partial charge in [0.1, 0.15) is 18.1 Å². The van der Waals surface area contributed by atoms with Gasteiger partial charge in [-0.2, -0.15) is 0 Å². The van der Waals surface area contributed by atoms with E-state index < -0.39 is 35.8 Å². The van der Waals surface area contributed by atoms with Crippen molar-refractivity contribution in [3.05, 3.63) is 18.2 Å². The van der Waals surface area contributed by atoms with E-state index in [0.717, 1.165) is 0 Å². The largest absolute Gasteiger partial charge is 0.368 e. The Hall–Kier alpha value is -2.91. The maximum atomic E-state index is 12.9. The Kier molecular flexibility index (Phi) is 9.30. The van der Waals surface area contributed by atoms with Gasteiger partial charge < -0.3 is 26.7 Å². The van der Waals surface area contributed by atoms with Gasteiger partial charge >= 0.3 is 0 Å². The number of primary amides is 1. The minimum atomic E-state index is -0.983. The summed E-state index contributed by atoms with van der Waals surface area (Å²) < 4.78 is 0. The van der Waals surface area contributed by atoms with Crippen molar-refractivity contribution in [2.24, 2.45) is 17.6 Å². The SMILES string of the molecule is CCC(C)C(NC(C)=O)C(=O)NC(Cc1cnc[nH]1)C(=O)NC(C(N)=O)C(C)C. The first kappa shape index (κ1) is 24.1. The van der Waals surface area contributed by atoms with Gasteiger partial charge in [0.2, 0.25) is 23.6 Å². The zero-order chi connectivity index (χ0) is 22.1. The maximum absolute atomic E-state index is 12.9. The molecule has 0 spiro atoms. The number of aromatic nitrogens is 2. The molecular weight excluding hydrogens is 376 g/mol. The molecule has 162 valence electrons. The summed E-state index contributed by atoms with van der Waals surface area (Å²) in [5.74, 6) is -2.37. The Morgan fingerprint density at radius 2 is 1.72 bits per heavy atom. The van der Waals surface area contributed by atoms with Crippen LogP contribution in [0.15, 0.2) is 12.5 Å². The predicted molar refractivity (Wildman–Crippen MR) is 107 cm³/mol. The van der Waals surface area contributed by atoms with Gasteiger partial charge in [-0.1, -0.05) is 34.1 Å². The number of carbonyl (C=O) groups excluding carboxylic acids is 4. The monoisotopic (exact) mass is 408 g/mol. The van der Waals surface area contributed by atoms with Crippen LogP contribution in [0.5, 0.6) is 0 Å². The zero-order valence-electron chi connectivity index (χ0n) is 17.6. The lowest BCUT2D eigenvalue weighted by molar-refractivity contribution is -0.134. The minimum Gasteiger partial charge on any atom is -0.368 e. The van der Waals surface area contributed by atoms with Crippen molar-refractivity contribution in [1.29, 1.82) is 0 Å². The molecular formula is C19H32N6O4. The normalized spacial score (nSPS) is 15.1. The third-order valence-corrected chi connectivity index (χ3v) is 4.74. The number of hydrogen-bond donors (Lipinski definition) is 5. The molecule has 0 saturated carbocycles. The molecule has 0 aliphatic heterocycles. The first-order valence-electron chi connectivity index (χ1n) is 9.71. The smallest absolute Gasteiger partial charge is 0.243 e. The lowest BCUT2D eigenvalue weighted by Crippen LogP contribution is -2.58. The number of amides is 4. The summed E-state index contributed by atoms with van der Waals surface area (Å²) in [4.78, 5) is 55.7. The van der Waals surface area contributed by atoms with Crippen molar-refractivity contribution in [1.82, 2.24) is 25.9 Å². The molecule has 0 fully saturated rings. The molecule has 1 aromatic rings. The van der Waals surface area contributed by atoms with E-state index in [0.29, 0.717) is 12.1 Å². The second kappa shape index (κ2) is 11.2. The molecule has 4 atom stereocenters. The number of nitrogens with one attached hydrogen (secondary N) is 4. The topological polar surface area (TPSA) is 159 Å². The molecule has 4 unspecified atom stereocenters. The summed E-state index contributed by atoms with van der Waals surface area (Å²) in [5.41, 5.74) is 6.01. The molecule has 4 amide bonds. The number of H-pyrrole nitrogens is 1. The van der Waals surface area contributed by atoms with E-state index >= 15 is 0 Å². The van der Waals surface area contributed by atoms with Crippen LogP contribution < -0.4 is 21.7 Å². The van der Waals surface area contributed by atoms with Crippen LogP contribution in [0.3, 0.4) is 0 Å². The van der Waals surface area contributed by atoms with Crippen molar-refractivity contribution in [3.8, 4) is 0 Å². The summed E-state index contributed by atoms with van der Waals surface area (Å²) in [7, 11) is 0. The molecule has 0 aromatic carbocycles. The molecule has 1 heterocycles. The van der Waals surface area contributed by atoms with Gasteiger partial charge in [-0.15, -0.1) is 0 Å². The third-order valence-electron chi connectivity index (χ3n) is 4.74. The highest BCUT2D eigenvalue weighted by atomic mass is 16.2. The molecule has 0 bridgehead atoms. The molecule has 10 nitrogen and oxygen atoms in total. The lowest BCUT2D eigenvalue weighted by Gasteiger charge is -2.27. The average Bonchev–Trinajstić information content (AvgIpc) is 3.14. The van der Waals surface area contributed by atoms with Gasteiger partial charge in [0, 0.05) is 25.2 Å². The van der Waals surface area contributed by atoms with E-state index in [-0.39, 0.29) is 24.2 Å². The molecule has 0 aliphatic rings. The molecule has 0 aliphatic carbocycles. The standard InChI is InChI=1S/C19H32N6O4/c1-6-11(4)16(23-12(5)26)19(29)24-14(7-13-8-21-9-22-13)18(28)25-15(10(2)3)17(20)27/h8-11,14-16H,6-7H2,1-5H3,(H2,20,27)(H,21,22)(H,23,26)(H,24,29)(H,25,28). The van der Waals surface area contributed by atoms with Crippen molar-refractivity contribution >= 4 is 23.6 Å². The van der Waals surface area contributed by atoms with Crippen LogP contribution in [0.1, 0.15) is 46.7 Å². The highest BCUT2D eigenvalue weighted by molar-refractivity contribution is 5.94. The summed E-state index contributed by atoms with van der Waals surface area (Å²) in [5, 5.41) is 7.93. The van der Waals surface area contributed by atoms with E-state index in [1.165, 1.54) is 13.3 Å². The molecule has 6 N–H and O–H groups in total. The summed E-state index contributed by atoms with van der Waals surface area (Å²) in [6.07, 6.45) is 3.80. The summed E-state index contributed by atoms with van der Waals surface area (Å²) in [6.45, 7) is 8.59. The first-order valence-corrected chi connectivity index (χ1v) is 9.71. The van der Waals surface area contributed by atoms with Crippen LogP contribution in [0, 0.1) is 11.8 Å². The molecule has 1 aromatic heterocycles. The fraction of sp³-hybridized carbons (Fsp3) is 0.632. The van der Waals surface area contributed by atoms with Crippen molar-refractivity contribution in [3.63, 3.8) is 0 Å². The number of imidazole rings is 1. The van der Waals surface area contributed by atoms with Gasteiger partial charge in [0.15, 0.2) is 0 Å². The van der Waals surface area contributed by atoms with Crippen molar-refractivity contribution in [2.45, 2.75) is 65.6 Å². The Morgan fingerprint density at radius 1 is 1.07 bits per heavy atom. The van der Waals surface area contributed by atoms with E-state index in [1.807, 2.05) is 13.8 Å². The first-order chi connectivity index (χ1) is 13.6. The van der Waals surface area contributed by atoms with Crippen LogP contribution in [0.2, 0.25) is 0 Å². The number of hydrogen-bond acceptors (Lipinski definition) is 5. The molecule has 0 radical (unpaired) electrons. The Morgan fingerprint density at radius 3 is 2.17 bits per heavy atom. The quantitative estimate of drug-likeness (QED) is 0.337. The molecule has 0 saturated heterocycles. The highest BCUT2D eigenvalue weighted by Crippen LogP contribution is 2.10. The third kappa shape index (κ3) is 7.55. The number of nitrogens with zero attached hydrogens (tertiary/aromatic N) is 1. The number of nitrogens with two attached hydrogens (primary N) is 1. The Bertz CT molecular complexity index is 704. The second-order valence-corrected chi connectivity index (χ2v) is 7.54. The van der Waals surface area contributed by atoms with Gasteiger partial charge in [0.25, 0.3) is 0 Å². The number of rotatable bonds is 11. The molecule has 29 heavy (non-hydrogen) atoms. The van der Waals surface area contributed by atoms with Gasteiger partial charge in [-0.3, -0.25) is 19.2 Å². The average molecular weight is 409 g/mol. The van der Waals surface area contributed by atoms with E-state index in [4.69, 9.17) is 5.73 Å². The lowest BCUT2D eigenvalue weighted by atomic mass is 9.97. The second-order valence-electron chi connectivity index (χ2n) is 7.54. The van der Waals surface area contributed by atoms with Gasteiger partial charge in [0.05, 0.1) is 6.33 Å². The predicted octanol–water partition coefficient (Wildman–Crippen LogP) is -0.386. The highest BCUT2D eigenvalue weighted by Gasteiger charge is 2.31. The summed E-state index contributed by atoms with van der Waals surface area (Å²) >= 11 is 0. The maximum Gasteiger partial charge on any atom is 0.243 e. The van der Waals surface area contributed by atoms with Crippen LogP contribution in [-0.4, -0.2) is 51.7 Å². The van der Waals surface area contributed by atoms with Crippen molar-refractivity contribution in [2.75, 3.05) is 0 Å². The fourth-order valence-electron chi connectivity index (χ4n) is 2.83. The number of carbonyl (C=O) groups is 4. The Labute approximate surface area is 170 Å². The van der Waals surface area contributed by atoms with E-state index in [1.54, 1.807) is 20.0 Å². The van der Waals surface area contributed by atoms with E-state index in [2.05, 4.69) is 25.9 Å². The van der Waals surface area contributed by atoms with Gasteiger partial charge in [-0.05, 0) is 11.8 Å². The van der Waals surface area contributed by atoms with Crippen LogP contribution >= 0.6 is 0 Å². The molecule has 10 heteroatoms. The van der Waals surface area contributed by atoms with Crippen molar-refractivity contribution < 1.29 is 19.2 Å². The van der Waals surface area contributed by atoms with Crippen LogP contribution in [0.4, 0.5) is 0 Å².